The van der Waals surface area contributed by atoms with Gasteiger partial charge in [0.2, 0.25) is 5.91 Å². The molecule has 1 heterocycles. The van der Waals surface area contributed by atoms with Crippen LogP contribution >= 0.6 is 11.6 Å². The molecule has 1 aromatic heterocycles. The van der Waals surface area contributed by atoms with Gasteiger partial charge in [0, 0.05) is 27.2 Å². The number of carbonyl (C=O) groups excluding carboxylic acids is 1. The van der Waals surface area contributed by atoms with E-state index in [2.05, 4.69) is 10.3 Å². The van der Waals surface area contributed by atoms with Gasteiger partial charge in [-0.25, -0.2) is 4.79 Å². The highest BCUT2D eigenvalue weighted by Crippen LogP contribution is 2.23. The summed E-state index contributed by atoms with van der Waals surface area (Å²) < 4.78 is 0. The largest absolute Gasteiger partial charge is 0.477 e. The fraction of sp³-hybridized carbons (Fsp3) is 0.0588. The summed E-state index contributed by atoms with van der Waals surface area (Å²) in [5, 5.41) is 13.3. The van der Waals surface area contributed by atoms with Crippen LogP contribution in [0, 0.1) is 0 Å². The number of carboxylic acids is 1. The lowest BCUT2D eigenvalue weighted by Crippen LogP contribution is -2.16. The Morgan fingerprint density at radius 3 is 2.65 bits per heavy atom. The first-order valence-electron chi connectivity index (χ1n) is 6.93. The lowest BCUT2D eigenvalue weighted by molar-refractivity contribution is -0.115. The number of halogens is 1. The molecule has 0 spiro atoms. The zero-order valence-corrected chi connectivity index (χ0v) is 12.7. The number of benzene rings is 2. The molecule has 0 saturated heterocycles. The minimum Gasteiger partial charge on any atom is -0.477 e. The molecule has 5 nitrogen and oxygen atoms in total. The third-order valence-electron chi connectivity index (χ3n) is 3.47. The van der Waals surface area contributed by atoms with Crippen LogP contribution in [-0.2, 0) is 11.2 Å². The Morgan fingerprint density at radius 1 is 1.13 bits per heavy atom. The topological polar surface area (TPSA) is 82.2 Å². The standard InChI is InChI=1S/C17H13ClN2O3/c18-10-4-3-5-11(8-10)19-15(21)9-13-12-6-1-2-7-14(12)20-16(13)17(22)23/h1-8,20H,9H2,(H,19,21)(H,22,23). The van der Waals surface area contributed by atoms with Crippen molar-refractivity contribution >= 4 is 40.1 Å². The molecular formula is C17H13ClN2O3. The predicted octanol–water partition coefficient (Wildman–Crippen LogP) is 3.70. The van der Waals surface area contributed by atoms with Crippen molar-refractivity contribution in [2.24, 2.45) is 0 Å². The third kappa shape index (κ3) is 3.19. The summed E-state index contributed by atoms with van der Waals surface area (Å²) in [5.74, 6) is -1.40. The van der Waals surface area contributed by atoms with Crippen molar-refractivity contribution < 1.29 is 14.7 Å². The molecule has 3 N–H and O–H groups in total. The minimum atomic E-state index is -1.09. The van der Waals surface area contributed by atoms with Crippen molar-refractivity contribution in [1.29, 1.82) is 0 Å². The second-order valence-electron chi connectivity index (χ2n) is 5.06. The lowest BCUT2D eigenvalue weighted by atomic mass is 10.1. The number of para-hydroxylation sites is 1. The summed E-state index contributed by atoms with van der Waals surface area (Å²) in [4.78, 5) is 26.5. The maximum absolute atomic E-state index is 12.2. The van der Waals surface area contributed by atoms with Gasteiger partial charge in [0.05, 0.1) is 6.42 Å². The van der Waals surface area contributed by atoms with Gasteiger partial charge in [-0.05, 0) is 24.3 Å². The van der Waals surface area contributed by atoms with Crippen LogP contribution < -0.4 is 5.32 Å². The van der Waals surface area contributed by atoms with Gasteiger partial charge < -0.3 is 15.4 Å². The van der Waals surface area contributed by atoms with Crippen LogP contribution in [-0.4, -0.2) is 22.0 Å². The number of carbonyl (C=O) groups is 2. The minimum absolute atomic E-state index is 0.0347. The highest BCUT2D eigenvalue weighted by Gasteiger charge is 2.19. The van der Waals surface area contributed by atoms with Crippen molar-refractivity contribution in [2.75, 3.05) is 5.32 Å². The first kappa shape index (κ1) is 15.1. The Hall–Kier alpha value is -2.79. The molecule has 3 rings (SSSR count). The van der Waals surface area contributed by atoms with Gasteiger partial charge >= 0.3 is 5.97 Å². The zero-order chi connectivity index (χ0) is 16.4. The highest BCUT2D eigenvalue weighted by atomic mass is 35.5. The molecule has 0 aliphatic heterocycles. The fourth-order valence-electron chi connectivity index (χ4n) is 2.50. The van der Waals surface area contributed by atoms with E-state index in [9.17, 15) is 14.7 Å². The number of amides is 1. The van der Waals surface area contributed by atoms with E-state index in [4.69, 9.17) is 11.6 Å². The van der Waals surface area contributed by atoms with E-state index in [1.165, 1.54) is 0 Å². The maximum atomic E-state index is 12.2. The SMILES string of the molecule is O=C(Cc1c(C(=O)O)[nH]c2ccccc12)Nc1cccc(Cl)c1. The Labute approximate surface area is 136 Å². The van der Waals surface area contributed by atoms with Crippen LogP contribution in [0.5, 0.6) is 0 Å². The average Bonchev–Trinajstić information content (AvgIpc) is 2.86. The van der Waals surface area contributed by atoms with Gasteiger partial charge in [0.15, 0.2) is 0 Å². The van der Waals surface area contributed by atoms with Crippen molar-refractivity contribution in [3.63, 3.8) is 0 Å². The number of rotatable bonds is 4. The quantitative estimate of drug-likeness (QED) is 0.683. The molecular weight excluding hydrogens is 316 g/mol. The van der Waals surface area contributed by atoms with Gasteiger partial charge in [-0.2, -0.15) is 0 Å². The molecule has 0 radical (unpaired) electrons. The number of H-pyrrole nitrogens is 1. The van der Waals surface area contributed by atoms with E-state index in [1.54, 1.807) is 48.5 Å². The number of hydrogen-bond acceptors (Lipinski definition) is 2. The summed E-state index contributed by atoms with van der Waals surface area (Å²) >= 11 is 5.88. The average molecular weight is 329 g/mol. The number of hydrogen-bond donors (Lipinski definition) is 3. The molecule has 0 unspecified atom stereocenters. The zero-order valence-electron chi connectivity index (χ0n) is 12.0. The fourth-order valence-corrected chi connectivity index (χ4v) is 2.69. The predicted molar refractivity (Wildman–Crippen MR) is 89.0 cm³/mol. The normalized spacial score (nSPS) is 10.7. The number of fused-ring (bicyclic) bond motifs is 1. The van der Waals surface area contributed by atoms with E-state index in [0.717, 1.165) is 5.39 Å². The van der Waals surface area contributed by atoms with Crippen LogP contribution in [0.3, 0.4) is 0 Å². The van der Waals surface area contributed by atoms with Crippen molar-refractivity contribution in [3.05, 3.63) is 64.8 Å². The van der Waals surface area contributed by atoms with E-state index < -0.39 is 5.97 Å². The van der Waals surface area contributed by atoms with Crippen LogP contribution in [0.1, 0.15) is 16.1 Å². The summed E-state index contributed by atoms with van der Waals surface area (Å²) in [6, 6.07) is 14.0. The molecule has 1 amide bonds. The van der Waals surface area contributed by atoms with Crippen molar-refractivity contribution in [2.45, 2.75) is 6.42 Å². The van der Waals surface area contributed by atoms with Gasteiger partial charge in [-0.15, -0.1) is 0 Å². The molecule has 23 heavy (non-hydrogen) atoms. The molecule has 0 aliphatic rings. The summed E-state index contributed by atoms with van der Waals surface area (Å²) in [5.41, 5.74) is 1.76. The number of aromatic carboxylic acids is 1. The van der Waals surface area contributed by atoms with Crippen molar-refractivity contribution in [3.8, 4) is 0 Å². The summed E-state index contributed by atoms with van der Waals surface area (Å²) in [6.45, 7) is 0. The van der Waals surface area contributed by atoms with Crippen LogP contribution in [0.4, 0.5) is 5.69 Å². The molecule has 116 valence electrons. The molecule has 6 heteroatoms. The molecule has 3 aromatic rings. The molecule has 0 atom stereocenters. The number of aromatic nitrogens is 1. The van der Waals surface area contributed by atoms with E-state index in [-0.39, 0.29) is 18.0 Å². The smallest absolute Gasteiger partial charge is 0.352 e. The number of anilines is 1. The van der Waals surface area contributed by atoms with Crippen LogP contribution in [0.15, 0.2) is 48.5 Å². The van der Waals surface area contributed by atoms with Gasteiger partial charge in [0.1, 0.15) is 5.69 Å². The van der Waals surface area contributed by atoms with E-state index in [1.807, 2.05) is 0 Å². The maximum Gasteiger partial charge on any atom is 0.352 e. The van der Waals surface area contributed by atoms with Crippen molar-refractivity contribution in [1.82, 2.24) is 4.98 Å². The second kappa shape index (κ2) is 6.14. The third-order valence-corrected chi connectivity index (χ3v) is 3.71. The van der Waals surface area contributed by atoms with Gasteiger partial charge in [-0.3, -0.25) is 4.79 Å². The Balaban J connectivity index is 1.90. The van der Waals surface area contributed by atoms with Crippen LogP contribution in [0.2, 0.25) is 5.02 Å². The molecule has 0 fully saturated rings. The first-order valence-corrected chi connectivity index (χ1v) is 7.30. The molecule has 2 aromatic carbocycles. The molecule has 0 saturated carbocycles. The van der Waals surface area contributed by atoms with Gasteiger partial charge in [0.25, 0.3) is 0 Å². The number of aromatic amines is 1. The van der Waals surface area contributed by atoms with E-state index >= 15 is 0 Å². The lowest BCUT2D eigenvalue weighted by Gasteiger charge is -2.06. The Kier molecular flexibility index (Phi) is 4.04. The summed E-state index contributed by atoms with van der Waals surface area (Å²) in [6.07, 6.45) is -0.0435. The number of carboxylic acid groups (broad SMARTS) is 1. The second-order valence-corrected chi connectivity index (χ2v) is 5.50. The van der Waals surface area contributed by atoms with Crippen LogP contribution in [0.25, 0.3) is 10.9 Å². The summed E-state index contributed by atoms with van der Waals surface area (Å²) in [7, 11) is 0. The first-order chi connectivity index (χ1) is 11.0. The highest BCUT2D eigenvalue weighted by molar-refractivity contribution is 6.30. The molecule has 0 aliphatic carbocycles. The van der Waals surface area contributed by atoms with Gasteiger partial charge in [-0.1, -0.05) is 35.9 Å². The Bertz CT molecular complexity index is 902. The van der Waals surface area contributed by atoms with E-state index in [0.29, 0.717) is 21.8 Å². The monoisotopic (exact) mass is 328 g/mol. The Morgan fingerprint density at radius 2 is 1.91 bits per heavy atom. The number of nitrogens with one attached hydrogen (secondary N) is 2. The molecule has 0 bridgehead atoms.